The highest BCUT2D eigenvalue weighted by molar-refractivity contribution is 6.60. The Balaban J connectivity index is 2.22. The van der Waals surface area contributed by atoms with Gasteiger partial charge in [0.15, 0.2) is 0 Å². The summed E-state index contributed by atoms with van der Waals surface area (Å²) in [5.41, 5.74) is 5.51. The van der Waals surface area contributed by atoms with Crippen LogP contribution in [0.2, 0.25) is 6.04 Å². The van der Waals surface area contributed by atoms with Gasteiger partial charge in [0, 0.05) is 26.4 Å². The molecule has 3 N–H and O–H groups in total. The number of hydrogen-bond donors (Lipinski definition) is 2. The zero-order valence-corrected chi connectivity index (χ0v) is 17.7. The summed E-state index contributed by atoms with van der Waals surface area (Å²) in [4.78, 5) is 0. The number of unbranched alkanes of at least 4 members (excludes halogenated alkanes) is 3. The molecule has 0 amide bonds. The second-order valence-electron chi connectivity index (χ2n) is 7.23. The van der Waals surface area contributed by atoms with Gasteiger partial charge in [0.1, 0.15) is 0 Å². The molecule has 6 heteroatoms. The number of nitrogens with two attached hydrogens (primary N) is 1. The Hall–Kier alpha value is 0.0169. The van der Waals surface area contributed by atoms with E-state index in [4.69, 9.17) is 19.0 Å². The fraction of sp³-hybridized carbons (Fsp3) is 1.00. The van der Waals surface area contributed by atoms with Crippen LogP contribution in [0.3, 0.4) is 0 Å². The molecule has 0 radical (unpaired) electrons. The first kappa shape index (κ1) is 23.1. The monoisotopic (exact) mass is 374 g/mol. The molecule has 1 rings (SSSR count). The van der Waals surface area contributed by atoms with Crippen molar-refractivity contribution in [3.05, 3.63) is 0 Å². The molecule has 0 aromatic carbocycles. The third-order valence-corrected chi connectivity index (χ3v) is 8.07. The lowest BCUT2D eigenvalue weighted by Gasteiger charge is -2.32. The number of nitrogens with one attached hydrogen (secondary N) is 1. The average Bonchev–Trinajstić information content (AvgIpc) is 2.61. The van der Waals surface area contributed by atoms with Crippen molar-refractivity contribution in [2.75, 3.05) is 33.9 Å². The third-order valence-electron chi connectivity index (χ3n) is 5.16. The molecule has 0 aromatic rings. The van der Waals surface area contributed by atoms with Crippen LogP contribution in [-0.4, -0.2) is 48.8 Å². The molecule has 0 saturated heterocycles. The summed E-state index contributed by atoms with van der Waals surface area (Å²) < 4.78 is 18.0. The highest BCUT2D eigenvalue weighted by atomic mass is 28.4. The van der Waals surface area contributed by atoms with Crippen LogP contribution in [-0.2, 0) is 13.3 Å². The summed E-state index contributed by atoms with van der Waals surface area (Å²) in [6.07, 6.45) is 15.2. The van der Waals surface area contributed by atoms with Crippen LogP contribution in [0.25, 0.3) is 0 Å². The SMILES string of the molecule is CO[Si](CCCNCCCCCCN)(OC)OC1CCCCCCC1. The number of hydrogen-bond acceptors (Lipinski definition) is 5. The van der Waals surface area contributed by atoms with E-state index in [1.807, 2.05) is 0 Å². The Bertz CT molecular complexity index is 296. The first-order chi connectivity index (χ1) is 12.3. The summed E-state index contributed by atoms with van der Waals surface area (Å²) in [7, 11) is 0.997. The van der Waals surface area contributed by atoms with E-state index in [1.54, 1.807) is 14.2 Å². The van der Waals surface area contributed by atoms with E-state index in [0.717, 1.165) is 51.4 Å². The van der Waals surface area contributed by atoms with Crippen molar-refractivity contribution in [1.82, 2.24) is 5.32 Å². The fourth-order valence-electron chi connectivity index (χ4n) is 3.54. The molecular weight excluding hydrogens is 332 g/mol. The number of rotatable bonds is 14. The first-order valence-electron chi connectivity index (χ1n) is 10.4. The standard InChI is InChI=1S/C19H42N2O3Si/c1-22-25(23-2,24-19-13-8-4-3-5-9-14-19)18-12-17-21-16-11-7-6-10-15-20/h19,21H,3-18,20H2,1-2H3. The van der Waals surface area contributed by atoms with Gasteiger partial charge in [0.25, 0.3) is 0 Å². The molecule has 1 fully saturated rings. The van der Waals surface area contributed by atoms with E-state index in [-0.39, 0.29) is 0 Å². The quantitative estimate of drug-likeness (QED) is 0.357. The van der Waals surface area contributed by atoms with Crippen LogP contribution in [0.15, 0.2) is 0 Å². The summed E-state index contributed by atoms with van der Waals surface area (Å²) in [5, 5.41) is 3.53. The van der Waals surface area contributed by atoms with Gasteiger partial charge in [-0.05, 0) is 51.7 Å². The van der Waals surface area contributed by atoms with Crippen molar-refractivity contribution >= 4 is 8.80 Å². The van der Waals surface area contributed by atoms with Crippen LogP contribution in [0.1, 0.15) is 77.0 Å². The summed E-state index contributed by atoms with van der Waals surface area (Å²) in [5.74, 6) is 0. The summed E-state index contributed by atoms with van der Waals surface area (Å²) in [6, 6.07) is 0.899. The normalized spacial score (nSPS) is 17.4. The summed E-state index contributed by atoms with van der Waals surface area (Å²) >= 11 is 0. The van der Waals surface area contributed by atoms with Gasteiger partial charge in [-0.3, -0.25) is 0 Å². The van der Waals surface area contributed by atoms with Crippen LogP contribution >= 0.6 is 0 Å². The van der Waals surface area contributed by atoms with Gasteiger partial charge in [-0.1, -0.05) is 44.9 Å². The minimum absolute atomic E-state index is 0.322. The highest BCUT2D eigenvalue weighted by Gasteiger charge is 2.40. The lowest BCUT2D eigenvalue weighted by atomic mass is 9.99. The molecule has 150 valence electrons. The molecule has 0 spiro atoms. The average molecular weight is 375 g/mol. The van der Waals surface area contributed by atoms with E-state index in [1.165, 1.54) is 51.4 Å². The minimum atomic E-state index is -2.51. The van der Waals surface area contributed by atoms with Crippen molar-refractivity contribution < 1.29 is 13.3 Å². The predicted molar refractivity (Wildman–Crippen MR) is 107 cm³/mol. The molecule has 0 heterocycles. The van der Waals surface area contributed by atoms with E-state index in [9.17, 15) is 0 Å². The highest BCUT2D eigenvalue weighted by Crippen LogP contribution is 2.25. The zero-order valence-electron chi connectivity index (χ0n) is 16.7. The fourth-order valence-corrected chi connectivity index (χ4v) is 5.77. The van der Waals surface area contributed by atoms with Gasteiger partial charge in [-0.25, -0.2) is 0 Å². The van der Waals surface area contributed by atoms with Crippen LogP contribution in [0.5, 0.6) is 0 Å². The molecule has 0 atom stereocenters. The summed E-state index contributed by atoms with van der Waals surface area (Å²) in [6.45, 7) is 2.91. The predicted octanol–water partition coefficient (Wildman–Crippen LogP) is 3.85. The topological polar surface area (TPSA) is 65.7 Å². The molecule has 0 bridgehead atoms. The van der Waals surface area contributed by atoms with Crippen LogP contribution in [0.4, 0.5) is 0 Å². The van der Waals surface area contributed by atoms with Crippen molar-refractivity contribution in [2.45, 2.75) is 89.2 Å². The molecule has 1 saturated carbocycles. The third kappa shape index (κ3) is 10.7. The van der Waals surface area contributed by atoms with E-state index < -0.39 is 8.80 Å². The van der Waals surface area contributed by atoms with Gasteiger partial charge < -0.3 is 24.3 Å². The van der Waals surface area contributed by atoms with Crippen LogP contribution in [0, 0.1) is 0 Å². The van der Waals surface area contributed by atoms with Crippen LogP contribution < -0.4 is 11.1 Å². The van der Waals surface area contributed by atoms with Gasteiger partial charge in [0.05, 0.1) is 0 Å². The molecule has 0 aromatic heterocycles. The second kappa shape index (κ2) is 15.1. The largest absolute Gasteiger partial charge is 0.500 e. The molecule has 1 aliphatic rings. The molecule has 5 nitrogen and oxygen atoms in total. The van der Waals surface area contributed by atoms with Gasteiger partial charge in [-0.2, -0.15) is 0 Å². The maximum atomic E-state index is 6.44. The minimum Gasteiger partial charge on any atom is -0.377 e. The molecule has 25 heavy (non-hydrogen) atoms. The first-order valence-corrected chi connectivity index (χ1v) is 12.4. The maximum absolute atomic E-state index is 6.44. The van der Waals surface area contributed by atoms with Crippen molar-refractivity contribution in [3.63, 3.8) is 0 Å². The van der Waals surface area contributed by atoms with E-state index in [2.05, 4.69) is 5.32 Å². The Morgan fingerprint density at radius 3 is 2.08 bits per heavy atom. The Morgan fingerprint density at radius 2 is 1.44 bits per heavy atom. The Kier molecular flexibility index (Phi) is 13.9. The lowest BCUT2D eigenvalue weighted by Crippen LogP contribution is -2.47. The maximum Gasteiger partial charge on any atom is 0.500 e. The van der Waals surface area contributed by atoms with E-state index in [0.29, 0.717) is 6.10 Å². The second-order valence-corrected chi connectivity index (χ2v) is 10.2. The van der Waals surface area contributed by atoms with Gasteiger partial charge in [0.2, 0.25) is 0 Å². The molecule has 1 aliphatic carbocycles. The Morgan fingerprint density at radius 1 is 0.840 bits per heavy atom. The van der Waals surface area contributed by atoms with Gasteiger partial charge >= 0.3 is 8.80 Å². The smallest absolute Gasteiger partial charge is 0.377 e. The van der Waals surface area contributed by atoms with E-state index >= 15 is 0 Å². The van der Waals surface area contributed by atoms with Gasteiger partial charge in [-0.15, -0.1) is 0 Å². The van der Waals surface area contributed by atoms with Crippen molar-refractivity contribution in [1.29, 1.82) is 0 Å². The molecular formula is C19H42N2O3Si. The van der Waals surface area contributed by atoms with Crippen molar-refractivity contribution in [3.8, 4) is 0 Å². The molecule has 0 aliphatic heterocycles. The lowest BCUT2D eigenvalue weighted by molar-refractivity contribution is 0.0426. The molecule has 0 unspecified atom stereocenters. The van der Waals surface area contributed by atoms with Crippen molar-refractivity contribution in [2.24, 2.45) is 5.73 Å². The Labute approximate surface area is 156 Å². The zero-order chi connectivity index (χ0) is 18.2.